The van der Waals surface area contributed by atoms with Crippen LogP contribution in [0.5, 0.6) is 0 Å². The van der Waals surface area contributed by atoms with Crippen LogP contribution in [0.1, 0.15) is 31.7 Å². The second-order valence-corrected chi connectivity index (χ2v) is 5.59. The molecule has 1 aliphatic carbocycles. The molecule has 1 N–H and O–H groups in total. The summed E-state index contributed by atoms with van der Waals surface area (Å²) in [6.45, 7) is 2.03. The minimum atomic E-state index is 0.110. The van der Waals surface area contributed by atoms with E-state index in [9.17, 15) is 4.79 Å². The van der Waals surface area contributed by atoms with Crippen molar-refractivity contribution in [3.05, 3.63) is 47.0 Å². The highest BCUT2D eigenvalue weighted by molar-refractivity contribution is 6.31. The highest BCUT2D eigenvalue weighted by Gasteiger charge is 2.20. The summed E-state index contributed by atoms with van der Waals surface area (Å²) >= 11 is 6.13. The Morgan fingerprint density at radius 1 is 1.42 bits per heavy atom. The van der Waals surface area contributed by atoms with Gasteiger partial charge in [0.25, 0.3) is 0 Å². The van der Waals surface area contributed by atoms with E-state index in [1.165, 1.54) is 0 Å². The molecular formula is C16H20ClNO. The zero-order chi connectivity index (χ0) is 13.7. The third kappa shape index (κ3) is 4.10. The van der Waals surface area contributed by atoms with Gasteiger partial charge < -0.3 is 5.32 Å². The number of hydrogen-bond donors (Lipinski definition) is 1. The molecule has 2 atom stereocenters. The van der Waals surface area contributed by atoms with Gasteiger partial charge in [0.15, 0.2) is 0 Å². The van der Waals surface area contributed by atoms with Gasteiger partial charge in [-0.25, -0.2) is 0 Å². The van der Waals surface area contributed by atoms with Crippen LogP contribution in [-0.2, 0) is 11.2 Å². The SMILES string of the molecule is C[C@H](Cc1ccccc1Cl)NC(=O)[C@H]1CC=CCC1. The molecule has 0 fully saturated rings. The minimum absolute atomic E-state index is 0.110. The first-order valence-electron chi connectivity index (χ1n) is 6.85. The monoisotopic (exact) mass is 277 g/mol. The minimum Gasteiger partial charge on any atom is -0.353 e. The molecule has 3 heteroatoms. The average Bonchev–Trinajstić information content (AvgIpc) is 2.42. The molecule has 1 aromatic rings. The summed E-state index contributed by atoms with van der Waals surface area (Å²) in [7, 11) is 0. The predicted octanol–water partition coefficient (Wildman–Crippen LogP) is 3.74. The van der Waals surface area contributed by atoms with Crippen LogP contribution in [0.3, 0.4) is 0 Å². The van der Waals surface area contributed by atoms with Crippen LogP contribution in [0.25, 0.3) is 0 Å². The summed E-state index contributed by atoms with van der Waals surface area (Å²) < 4.78 is 0. The average molecular weight is 278 g/mol. The van der Waals surface area contributed by atoms with Crippen molar-refractivity contribution in [1.29, 1.82) is 0 Å². The summed E-state index contributed by atoms with van der Waals surface area (Å²) in [5.74, 6) is 0.308. The summed E-state index contributed by atoms with van der Waals surface area (Å²) in [5, 5.41) is 3.86. The lowest BCUT2D eigenvalue weighted by molar-refractivity contribution is -0.125. The zero-order valence-electron chi connectivity index (χ0n) is 11.2. The van der Waals surface area contributed by atoms with Gasteiger partial charge in [0.05, 0.1) is 0 Å². The third-order valence-electron chi connectivity index (χ3n) is 3.51. The number of amides is 1. The Kier molecular flexibility index (Phi) is 5.03. The van der Waals surface area contributed by atoms with E-state index in [0.29, 0.717) is 0 Å². The van der Waals surface area contributed by atoms with Crippen molar-refractivity contribution in [3.63, 3.8) is 0 Å². The Morgan fingerprint density at radius 2 is 2.21 bits per heavy atom. The summed E-state index contributed by atoms with van der Waals surface area (Å²) in [4.78, 5) is 12.1. The normalized spacial score (nSPS) is 20.0. The van der Waals surface area contributed by atoms with Gasteiger partial charge in [-0.15, -0.1) is 0 Å². The standard InChI is InChI=1S/C16H20ClNO/c1-12(11-14-9-5-6-10-15(14)17)18-16(19)13-7-3-2-4-8-13/h2-3,5-6,9-10,12-13H,4,7-8,11H2,1H3,(H,18,19)/t12-,13+/m1/s1. The van der Waals surface area contributed by atoms with E-state index in [-0.39, 0.29) is 17.9 Å². The van der Waals surface area contributed by atoms with E-state index in [4.69, 9.17) is 11.6 Å². The van der Waals surface area contributed by atoms with Crippen molar-refractivity contribution in [2.45, 2.75) is 38.6 Å². The largest absolute Gasteiger partial charge is 0.353 e. The molecule has 19 heavy (non-hydrogen) atoms. The fourth-order valence-electron chi connectivity index (χ4n) is 2.44. The van der Waals surface area contributed by atoms with Gasteiger partial charge in [-0.2, -0.15) is 0 Å². The molecule has 0 radical (unpaired) electrons. The molecule has 0 bridgehead atoms. The summed E-state index contributed by atoms with van der Waals surface area (Å²) in [6.07, 6.45) is 7.86. The number of halogens is 1. The third-order valence-corrected chi connectivity index (χ3v) is 3.88. The highest BCUT2D eigenvalue weighted by Crippen LogP contribution is 2.19. The van der Waals surface area contributed by atoms with E-state index in [0.717, 1.165) is 36.3 Å². The zero-order valence-corrected chi connectivity index (χ0v) is 12.0. The number of rotatable bonds is 4. The molecule has 2 rings (SSSR count). The first-order chi connectivity index (χ1) is 9.16. The second-order valence-electron chi connectivity index (χ2n) is 5.19. The number of hydrogen-bond acceptors (Lipinski definition) is 1. The van der Waals surface area contributed by atoms with Gasteiger partial charge in [-0.1, -0.05) is 42.0 Å². The Morgan fingerprint density at radius 3 is 2.89 bits per heavy atom. The fourth-order valence-corrected chi connectivity index (χ4v) is 2.65. The van der Waals surface area contributed by atoms with Crippen molar-refractivity contribution in [1.82, 2.24) is 5.32 Å². The van der Waals surface area contributed by atoms with Crippen molar-refractivity contribution < 1.29 is 4.79 Å². The molecule has 1 amide bonds. The highest BCUT2D eigenvalue weighted by atomic mass is 35.5. The van der Waals surface area contributed by atoms with E-state index in [1.807, 2.05) is 31.2 Å². The Balaban J connectivity index is 1.87. The summed E-state index contributed by atoms with van der Waals surface area (Å²) in [5.41, 5.74) is 1.08. The van der Waals surface area contributed by atoms with E-state index in [2.05, 4.69) is 17.5 Å². The Hall–Kier alpha value is -1.28. The first kappa shape index (κ1) is 14.1. The fraction of sp³-hybridized carbons (Fsp3) is 0.438. The maximum atomic E-state index is 12.1. The molecule has 0 unspecified atom stereocenters. The quantitative estimate of drug-likeness (QED) is 0.835. The number of allylic oxidation sites excluding steroid dienone is 2. The van der Waals surface area contributed by atoms with Crippen LogP contribution in [0.2, 0.25) is 5.02 Å². The molecule has 102 valence electrons. The van der Waals surface area contributed by atoms with Gasteiger partial charge in [0.1, 0.15) is 0 Å². The topological polar surface area (TPSA) is 29.1 Å². The van der Waals surface area contributed by atoms with Gasteiger partial charge in [0.2, 0.25) is 5.91 Å². The van der Waals surface area contributed by atoms with Crippen molar-refractivity contribution in [2.75, 3.05) is 0 Å². The molecule has 0 saturated carbocycles. The van der Waals surface area contributed by atoms with Crippen LogP contribution in [0.4, 0.5) is 0 Å². The maximum Gasteiger partial charge on any atom is 0.223 e. The molecule has 1 aliphatic rings. The first-order valence-corrected chi connectivity index (χ1v) is 7.23. The lowest BCUT2D eigenvalue weighted by Gasteiger charge is -2.21. The molecule has 2 nitrogen and oxygen atoms in total. The molecular weight excluding hydrogens is 258 g/mol. The molecule has 0 saturated heterocycles. The van der Waals surface area contributed by atoms with Crippen molar-refractivity contribution in [3.8, 4) is 0 Å². The van der Waals surface area contributed by atoms with Gasteiger partial charge in [-0.3, -0.25) is 4.79 Å². The number of carbonyl (C=O) groups excluding carboxylic acids is 1. The molecule has 0 aliphatic heterocycles. The maximum absolute atomic E-state index is 12.1. The smallest absolute Gasteiger partial charge is 0.223 e. The molecule has 0 spiro atoms. The van der Waals surface area contributed by atoms with Crippen LogP contribution in [0, 0.1) is 5.92 Å². The van der Waals surface area contributed by atoms with E-state index < -0.39 is 0 Å². The number of benzene rings is 1. The lowest BCUT2D eigenvalue weighted by Crippen LogP contribution is -2.38. The van der Waals surface area contributed by atoms with E-state index in [1.54, 1.807) is 0 Å². The summed E-state index contributed by atoms with van der Waals surface area (Å²) in [6, 6.07) is 7.90. The van der Waals surface area contributed by atoms with Crippen LogP contribution < -0.4 is 5.32 Å². The van der Waals surface area contributed by atoms with Gasteiger partial charge >= 0.3 is 0 Å². The van der Waals surface area contributed by atoms with Gasteiger partial charge in [0, 0.05) is 17.0 Å². The van der Waals surface area contributed by atoms with Gasteiger partial charge in [-0.05, 0) is 44.2 Å². The number of nitrogens with one attached hydrogen (secondary N) is 1. The predicted molar refractivity (Wildman–Crippen MR) is 79.2 cm³/mol. The van der Waals surface area contributed by atoms with Crippen LogP contribution >= 0.6 is 11.6 Å². The Labute approximate surface area is 119 Å². The van der Waals surface area contributed by atoms with Crippen molar-refractivity contribution >= 4 is 17.5 Å². The number of carbonyl (C=O) groups is 1. The van der Waals surface area contributed by atoms with Crippen LogP contribution in [0.15, 0.2) is 36.4 Å². The van der Waals surface area contributed by atoms with Crippen molar-refractivity contribution in [2.24, 2.45) is 5.92 Å². The molecule has 0 aromatic heterocycles. The molecule has 0 heterocycles. The van der Waals surface area contributed by atoms with E-state index >= 15 is 0 Å². The second kappa shape index (κ2) is 6.76. The Bertz CT molecular complexity index is 470. The lowest BCUT2D eigenvalue weighted by atomic mass is 9.93. The van der Waals surface area contributed by atoms with Crippen LogP contribution in [-0.4, -0.2) is 11.9 Å². The molecule has 1 aromatic carbocycles.